The largest absolute Gasteiger partial charge is 0.478 e. The van der Waals surface area contributed by atoms with Crippen LogP contribution >= 0.6 is 0 Å². The summed E-state index contributed by atoms with van der Waals surface area (Å²) in [6.45, 7) is 1.69. The van der Waals surface area contributed by atoms with Gasteiger partial charge in [-0.3, -0.25) is 4.79 Å². The minimum absolute atomic E-state index is 0.210. The number of nitrogens with one attached hydrogen (secondary N) is 1. The molecule has 1 heterocycles. The Balaban J connectivity index is 1.64. The van der Waals surface area contributed by atoms with Crippen LogP contribution in [0, 0.1) is 6.92 Å². The van der Waals surface area contributed by atoms with Gasteiger partial charge < -0.3 is 10.4 Å². The van der Waals surface area contributed by atoms with E-state index in [1.165, 1.54) is 6.07 Å². The Bertz CT molecular complexity index is 1020. The van der Waals surface area contributed by atoms with Crippen LogP contribution in [0.1, 0.15) is 50.9 Å². The predicted molar refractivity (Wildman–Crippen MR) is 99.4 cm³/mol. The molecule has 0 spiro atoms. The molecule has 0 aliphatic heterocycles. The molecule has 1 fully saturated rings. The summed E-state index contributed by atoms with van der Waals surface area (Å²) in [5, 5.41) is 20.2. The van der Waals surface area contributed by atoms with E-state index in [-0.39, 0.29) is 17.4 Å². The number of hydrogen-bond acceptors (Lipinski definition) is 4. The number of carbonyl (C=O) groups is 2. The lowest BCUT2D eigenvalue weighted by Crippen LogP contribution is -2.15. The van der Waals surface area contributed by atoms with Crippen molar-refractivity contribution in [1.29, 1.82) is 0 Å². The van der Waals surface area contributed by atoms with Crippen molar-refractivity contribution < 1.29 is 14.7 Å². The van der Waals surface area contributed by atoms with Gasteiger partial charge >= 0.3 is 5.97 Å². The average molecular weight is 362 g/mol. The number of carboxylic acid groups (broad SMARTS) is 1. The molecule has 1 aromatic heterocycles. The second-order valence-corrected chi connectivity index (χ2v) is 6.63. The van der Waals surface area contributed by atoms with E-state index in [0.29, 0.717) is 16.9 Å². The number of nitrogens with zero attached hydrogens (tertiary/aromatic N) is 3. The fourth-order valence-corrected chi connectivity index (χ4v) is 3.11. The highest BCUT2D eigenvalue weighted by atomic mass is 16.4. The number of aryl methyl sites for hydroxylation is 1. The minimum Gasteiger partial charge on any atom is -0.478 e. The van der Waals surface area contributed by atoms with Crippen molar-refractivity contribution in [3.8, 4) is 5.69 Å². The zero-order chi connectivity index (χ0) is 19.0. The average Bonchev–Trinajstić information content (AvgIpc) is 3.39. The maximum atomic E-state index is 12.8. The second-order valence-electron chi connectivity index (χ2n) is 6.63. The molecule has 7 nitrogen and oxygen atoms in total. The standard InChI is InChI=1S/C20H18N4O3/c1-12-11-14(9-10-16(12)20(26)27)21-19(25)17-18(13-7-8-13)24(23-22-17)15-5-3-2-4-6-15/h2-6,9-11,13H,7-8H2,1H3,(H,21,25)(H,26,27). The van der Waals surface area contributed by atoms with Crippen molar-refractivity contribution in [2.24, 2.45) is 0 Å². The summed E-state index contributed by atoms with van der Waals surface area (Å²) in [7, 11) is 0. The van der Waals surface area contributed by atoms with Gasteiger partial charge in [0.25, 0.3) is 5.91 Å². The zero-order valence-corrected chi connectivity index (χ0v) is 14.7. The lowest BCUT2D eigenvalue weighted by atomic mass is 10.1. The minimum atomic E-state index is -0.993. The number of hydrogen-bond donors (Lipinski definition) is 2. The van der Waals surface area contributed by atoms with E-state index in [9.17, 15) is 9.59 Å². The van der Waals surface area contributed by atoms with Gasteiger partial charge in [0.05, 0.1) is 16.9 Å². The molecule has 0 atom stereocenters. The van der Waals surface area contributed by atoms with E-state index in [4.69, 9.17) is 5.11 Å². The Labute approximate surface area is 155 Å². The molecule has 0 radical (unpaired) electrons. The molecule has 136 valence electrons. The molecule has 1 aliphatic carbocycles. The van der Waals surface area contributed by atoms with E-state index < -0.39 is 5.97 Å². The zero-order valence-electron chi connectivity index (χ0n) is 14.7. The third-order valence-electron chi connectivity index (χ3n) is 4.60. The number of aromatic nitrogens is 3. The highest BCUT2D eigenvalue weighted by Crippen LogP contribution is 2.42. The van der Waals surface area contributed by atoms with E-state index in [0.717, 1.165) is 24.2 Å². The van der Waals surface area contributed by atoms with Crippen LogP contribution in [0.3, 0.4) is 0 Å². The molecule has 4 rings (SSSR count). The SMILES string of the molecule is Cc1cc(NC(=O)c2nnn(-c3ccccc3)c2C2CC2)ccc1C(=O)O. The summed E-state index contributed by atoms with van der Waals surface area (Å²) >= 11 is 0. The van der Waals surface area contributed by atoms with E-state index >= 15 is 0 Å². The molecule has 27 heavy (non-hydrogen) atoms. The smallest absolute Gasteiger partial charge is 0.335 e. The van der Waals surface area contributed by atoms with Crippen molar-refractivity contribution in [2.75, 3.05) is 5.32 Å². The van der Waals surface area contributed by atoms with Crippen LogP contribution in [-0.2, 0) is 0 Å². The van der Waals surface area contributed by atoms with Gasteiger partial charge in [-0.05, 0) is 55.7 Å². The molecule has 1 amide bonds. The van der Waals surface area contributed by atoms with Gasteiger partial charge in [-0.15, -0.1) is 5.10 Å². The Morgan fingerprint density at radius 1 is 1.15 bits per heavy atom. The first-order valence-corrected chi connectivity index (χ1v) is 8.71. The quantitative estimate of drug-likeness (QED) is 0.725. The van der Waals surface area contributed by atoms with Crippen LogP contribution < -0.4 is 5.32 Å². The van der Waals surface area contributed by atoms with Gasteiger partial charge in [-0.1, -0.05) is 23.4 Å². The Morgan fingerprint density at radius 3 is 2.52 bits per heavy atom. The van der Waals surface area contributed by atoms with Gasteiger partial charge in [0.15, 0.2) is 5.69 Å². The molecule has 3 aromatic rings. The molecule has 2 aromatic carbocycles. The van der Waals surface area contributed by atoms with Crippen LogP contribution in [0.25, 0.3) is 5.69 Å². The molecule has 0 unspecified atom stereocenters. The maximum Gasteiger partial charge on any atom is 0.335 e. The fourth-order valence-electron chi connectivity index (χ4n) is 3.11. The first-order chi connectivity index (χ1) is 13.0. The molecular formula is C20H18N4O3. The van der Waals surface area contributed by atoms with Crippen LogP contribution in [0.4, 0.5) is 5.69 Å². The van der Waals surface area contributed by atoms with Crippen molar-refractivity contribution >= 4 is 17.6 Å². The van der Waals surface area contributed by atoms with E-state index in [2.05, 4.69) is 15.6 Å². The molecule has 0 saturated heterocycles. The summed E-state index contributed by atoms with van der Waals surface area (Å²) in [4.78, 5) is 23.9. The number of rotatable bonds is 5. The number of carboxylic acids is 1. The molecule has 1 saturated carbocycles. The number of carbonyl (C=O) groups excluding carboxylic acids is 1. The number of amides is 1. The lowest BCUT2D eigenvalue weighted by molar-refractivity contribution is 0.0696. The van der Waals surface area contributed by atoms with Gasteiger partial charge in [0, 0.05) is 11.6 Å². The van der Waals surface area contributed by atoms with Crippen LogP contribution in [0.5, 0.6) is 0 Å². The lowest BCUT2D eigenvalue weighted by Gasteiger charge is -2.09. The van der Waals surface area contributed by atoms with E-state index in [1.807, 2.05) is 30.3 Å². The Morgan fingerprint density at radius 2 is 1.89 bits per heavy atom. The summed E-state index contributed by atoms with van der Waals surface area (Å²) < 4.78 is 1.73. The number of benzene rings is 2. The van der Waals surface area contributed by atoms with Crippen molar-refractivity contribution in [2.45, 2.75) is 25.7 Å². The van der Waals surface area contributed by atoms with Crippen LogP contribution in [-0.4, -0.2) is 32.0 Å². The summed E-state index contributed by atoms with van der Waals surface area (Å²) in [6, 6.07) is 14.3. The van der Waals surface area contributed by atoms with Gasteiger partial charge in [0.2, 0.25) is 0 Å². The highest BCUT2D eigenvalue weighted by molar-refractivity contribution is 6.04. The monoisotopic (exact) mass is 362 g/mol. The first-order valence-electron chi connectivity index (χ1n) is 8.71. The number of anilines is 1. The van der Waals surface area contributed by atoms with Gasteiger partial charge in [-0.25, -0.2) is 9.48 Å². The van der Waals surface area contributed by atoms with Crippen LogP contribution in [0.2, 0.25) is 0 Å². The highest BCUT2D eigenvalue weighted by Gasteiger charge is 2.34. The van der Waals surface area contributed by atoms with Gasteiger partial charge in [-0.2, -0.15) is 0 Å². The second kappa shape index (κ2) is 6.68. The van der Waals surface area contributed by atoms with Gasteiger partial charge in [0.1, 0.15) is 0 Å². The van der Waals surface area contributed by atoms with E-state index in [1.54, 1.807) is 23.7 Å². The Kier molecular flexibility index (Phi) is 4.19. The molecule has 1 aliphatic rings. The molecule has 7 heteroatoms. The van der Waals surface area contributed by atoms with Crippen LogP contribution in [0.15, 0.2) is 48.5 Å². The number of aromatic carboxylic acids is 1. The van der Waals surface area contributed by atoms with Crippen molar-refractivity contribution in [1.82, 2.24) is 15.0 Å². The number of para-hydroxylation sites is 1. The van der Waals surface area contributed by atoms with Crippen molar-refractivity contribution in [3.05, 3.63) is 71.0 Å². The normalized spacial score (nSPS) is 13.4. The summed E-state index contributed by atoms with van der Waals surface area (Å²) in [5.41, 5.74) is 3.31. The maximum absolute atomic E-state index is 12.8. The third kappa shape index (κ3) is 3.31. The third-order valence-corrected chi connectivity index (χ3v) is 4.60. The molecular weight excluding hydrogens is 344 g/mol. The molecule has 0 bridgehead atoms. The first kappa shape index (κ1) is 17.0. The summed E-state index contributed by atoms with van der Waals surface area (Å²) in [5.74, 6) is -1.06. The topological polar surface area (TPSA) is 97.1 Å². The van der Waals surface area contributed by atoms with Crippen molar-refractivity contribution in [3.63, 3.8) is 0 Å². The predicted octanol–water partition coefficient (Wildman–Crippen LogP) is 3.40. The summed E-state index contributed by atoms with van der Waals surface area (Å²) in [6.07, 6.45) is 2.01. The Hall–Kier alpha value is -3.48. The molecule has 2 N–H and O–H groups in total. The fraction of sp³-hybridized carbons (Fsp3) is 0.200.